The maximum atomic E-state index is 13.6. The molecule has 2 N–H and O–H groups in total. The maximum Gasteiger partial charge on any atom is 0.127 e. The molecule has 0 bridgehead atoms. The highest BCUT2D eigenvalue weighted by Crippen LogP contribution is 2.39. The van der Waals surface area contributed by atoms with Gasteiger partial charge in [0.15, 0.2) is 0 Å². The summed E-state index contributed by atoms with van der Waals surface area (Å²) >= 11 is 1.85. The van der Waals surface area contributed by atoms with Gasteiger partial charge in [-0.05, 0) is 42.3 Å². The lowest BCUT2D eigenvalue weighted by molar-refractivity contribution is 0.296. The standard InChI is InChI=1S/C17H18FNOS/c18-14-7-12(5-6-19)8-15(9-14)20-10-13-11-21-17-4-2-1-3-16(13)17/h1-4,7-9,13H,5-6,10-11,19H2. The van der Waals surface area contributed by atoms with Crippen molar-refractivity contribution in [3.05, 3.63) is 59.4 Å². The van der Waals surface area contributed by atoms with Crippen LogP contribution in [0, 0.1) is 5.82 Å². The third-order valence-corrected chi connectivity index (χ3v) is 4.87. The summed E-state index contributed by atoms with van der Waals surface area (Å²) in [5.74, 6) is 1.71. The second kappa shape index (κ2) is 6.50. The number of fused-ring (bicyclic) bond motifs is 1. The number of hydrogen-bond donors (Lipinski definition) is 1. The normalized spacial score (nSPS) is 16.8. The van der Waals surface area contributed by atoms with E-state index in [0.717, 1.165) is 11.3 Å². The van der Waals surface area contributed by atoms with Crippen molar-refractivity contribution >= 4 is 11.8 Å². The number of rotatable bonds is 5. The molecule has 0 saturated heterocycles. The summed E-state index contributed by atoms with van der Waals surface area (Å²) < 4.78 is 19.4. The molecule has 0 aliphatic carbocycles. The van der Waals surface area contributed by atoms with E-state index in [1.165, 1.54) is 22.6 Å². The zero-order valence-corrected chi connectivity index (χ0v) is 12.5. The van der Waals surface area contributed by atoms with Crippen LogP contribution in [0.25, 0.3) is 0 Å². The molecule has 110 valence electrons. The summed E-state index contributed by atoms with van der Waals surface area (Å²) in [7, 11) is 0. The minimum absolute atomic E-state index is 0.267. The van der Waals surface area contributed by atoms with Crippen LogP contribution in [0.3, 0.4) is 0 Å². The monoisotopic (exact) mass is 303 g/mol. The molecule has 1 unspecified atom stereocenters. The third kappa shape index (κ3) is 3.39. The molecule has 2 aromatic carbocycles. The molecular weight excluding hydrogens is 285 g/mol. The molecule has 4 heteroatoms. The van der Waals surface area contributed by atoms with Crippen LogP contribution < -0.4 is 10.5 Å². The van der Waals surface area contributed by atoms with Crippen LogP contribution >= 0.6 is 11.8 Å². The van der Waals surface area contributed by atoms with Gasteiger partial charge in [0.05, 0.1) is 6.61 Å². The van der Waals surface area contributed by atoms with Gasteiger partial charge in [0.2, 0.25) is 0 Å². The molecule has 1 aliphatic heterocycles. The Hall–Kier alpha value is -1.52. The van der Waals surface area contributed by atoms with Crippen LogP contribution in [0.4, 0.5) is 4.39 Å². The summed E-state index contributed by atoms with van der Waals surface area (Å²) in [6.45, 7) is 1.09. The second-order valence-corrected chi connectivity index (χ2v) is 6.25. The number of thioether (sulfide) groups is 1. The van der Waals surface area contributed by atoms with Gasteiger partial charge in [-0.25, -0.2) is 4.39 Å². The van der Waals surface area contributed by atoms with E-state index in [1.54, 1.807) is 0 Å². The Labute approximate surface area is 128 Å². The van der Waals surface area contributed by atoms with Gasteiger partial charge in [0, 0.05) is 22.6 Å². The molecule has 1 heterocycles. The predicted octanol–water partition coefficient (Wildman–Crippen LogP) is 3.60. The molecule has 3 rings (SSSR count). The minimum atomic E-state index is -0.267. The number of benzene rings is 2. The van der Waals surface area contributed by atoms with E-state index >= 15 is 0 Å². The molecule has 2 nitrogen and oxygen atoms in total. The van der Waals surface area contributed by atoms with Crippen molar-refractivity contribution in [2.24, 2.45) is 5.73 Å². The smallest absolute Gasteiger partial charge is 0.127 e. The van der Waals surface area contributed by atoms with E-state index in [4.69, 9.17) is 10.5 Å². The van der Waals surface area contributed by atoms with Crippen LogP contribution in [0.1, 0.15) is 17.0 Å². The van der Waals surface area contributed by atoms with Gasteiger partial charge in [0.25, 0.3) is 0 Å². The Kier molecular flexibility index (Phi) is 4.46. The molecule has 0 aromatic heterocycles. The zero-order valence-electron chi connectivity index (χ0n) is 11.7. The Morgan fingerprint density at radius 1 is 1.24 bits per heavy atom. The molecule has 1 aliphatic rings. The van der Waals surface area contributed by atoms with Gasteiger partial charge in [-0.15, -0.1) is 11.8 Å². The average Bonchev–Trinajstić information content (AvgIpc) is 2.88. The lowest BCUT2D eigenvalue weighted by atomic mass is 10.0. The number of hydrogen-bond acceptors (Lipinski definition) is 3. The number of ether oxygens (including phenoxy) is 1. The first-order valence-electron chi connectivity index (χ1n) is 7.10. The van der Waals surface area contributed by atoms with Gasteiger partial charge < -0.3 is 10.5 Å². The summed E-state index contributed by atoms with van der Waals surface area (Å²) in [5.41, 5.74) is 7.74. The van der Waals surface area contributed by atoms with Crippen LogP contribution in [-0.4, -0.2) is 18.9 Å². The lowest BCUT2D eigenvalue weighted by Crippen LogP contribution is -2.10. The largest absolute Gasteiger partial charge is 0.493 e. The molecule has 21 heavy (non-hydrogen) atoms. The molecule has 0 spiro atoms. The van der Waals surface area contributed by atoms with Crippen molar-refractivity contribution in [2.45, 2.75) is 17.2 Å². The first-order valence-corrected chi connectivity index (χ1v) is 8.09. The molecule has 1 atom stereocenters. The fourth-order valence-electron chi connectivity index (χ4n) is 2.58. The summed E-state index contributed by atoms with van der Waals surface area (Å²) in [4.78, 5) is 1.33. The van der Waals surface area contributed by atoms with Gasteiger partial charge in [-0.3, -0.25) is 0 Å². The zero-order chi connectivity index (χ0) is 14.7. The van der Waals surface area contributed by atoms with E-state index in [9.17, 15) is 4.39 Å². The molecular formula is C17H18FNOS. The topological polar surface area (TPSA) is 35.2 Å². The van der Waals surface area contributed by atoms with Crippen LogP contribution in [0.2, 0.25) is 0 Å². The van der Waals surface area contributed by atoms with Crippen LogP contribution in [-0.2, 0) is 6.42 Å². The van der Waals surface area contributed by atoms with E-state index in [0.29, 0.717) is 31.2 Å². The SMILES string of the molecule is NCCc1cc(F)cc(OCC2CSc3ccccc32)c1. The van der Waals surface area contributed by atoms with Gasteiger partial charge >= 0.3 is 0 Å². The average molecular weight is 303 g/mol. The molecule has 0 radical (unpaired) electrons. The molecule has 0 saturated carbocycles. The highest BCUT2D eigenvalue weighted by Gasteiger charge is 2.23. The quantitative estimate of drug-likeness (QED) is 0.916. The van der Waals surface area contributed by atoms with Crippen molar-refractivity contribution in [1.82, 2.24) is 0 Å². The number of halogens is 1. The Bertz CT molecular complexity index is 632. The van der Waals surface area contributed by atoms with Crippen LogP contribution in [0.15, 0.2) is 47.4 Å². The van der Waals surface area contributed by atoms with Crippen molar-refractivity contribution in [1.29, 1.82) is 0 Å². The van der Waals surface area contributed by atoms with Crippen molar-refractivity contribution in [2.75, 3.05) is 18.9 Å². The highest BCUT2D eigenvalue weighted by molar-refractivity contribution is 7.99. The lowest BCUT2D eigenvalue weighted by Gasteiger charge is -2.13. The summed E-state index contributed by atoms with van der Waals surface area (Å²) in [6, 6.07) is 13.2. The Morgan fingerprint density at radius 3 is 2.95 bits per heavy atom. The highest BCUT2D eigenvalue weighted by atomic mass is 32.2. The number of nitrogens with two attached hydrogens (primary N) is 1. The molecule has 0 amide bonds. The van der Waals surface area contributed by atoms with Gasteiger partial charge in [-0.1, -0.05) is 18.2 Å². The first kappa shape index (κ1) is 14.4. The van der Waals surface area contributed by atoms with Crippen LogP contribution in [0.5, 0.6) is 5.75 Å². The molecule has 0 fully saturated rings. The second-order valence-electron chi connectivity index (χ2n) is 5.19. The van der Waals surface area contributed by atoms with Crippen molar-refractivity contribution in [3.63, 3.8) is 0 Å². The van der Waals surface area contributed by atoms with E-state index < -0.39 is 0 Å². The third-order valence-electron chi connectivity index (χ3n) is 3.61. The van der Waals surface area contributed by atoms with E-state index in [-0.39, 0.29) is 5.82 Å². The van der Waals surface area contributed by atoms with E-state index in [2.05, 4.69) is 24.3 Å². The van der Waals surface area contributed by atoms with Gasteiger partial charge in [-0.2, -0.15) is 0 Å². The fraction of sp³-hybridized carbons (Fsp3) is 0.294. The molecule has 2 aromatic rings. The van der Waals surface area contributed by atoms with Gasteiger partial charge in [0.1, 0.15) is 11.6 Å². The summed E-state index contributed by atoms with van der Waals surface area (Å²) in [5, 5.41) is 0. The van der Waals surface area contributed by atoms with Crippen molar-refractivity contribution < 1.29 is 9.13 Å². The maximum absolute atomic E-state index is 13.6. The summed E-state index contributed by atoms with van der Waals surface area (Å²) in [6.07, 6.45) is 0.663. The Morgan fingerprint density at radius 2 is 2.10 bits per heavy atom. The first-order chi connectivity index (χ1) is 10.3. The Balaban J connectivity index is 1.68. The van der Waals surface area contributed by atoms with Crippen molar-refractivity contribution in [3.8, 4) is 5.75 Å². The van der Waals surface area contributed by atoms with E-state index in [1.807, 2.05) is 17.8 Å². The minimum Gasteiger partial charge on any atom is -0.493 e. The predicted molar refractivity (Wildman–Crippen MR) is 84.6 cm³/mol. The fourth-order valence-corrected chi connectivity index (χ4v) is 3.81.